The van der Waals surface area contributed by atoms with Crippen molar-refractivity contribution >= 4 is 45.4 Å². The van der Waals surface area contributed by atoms with Crippen LogP contribution in [0.4, 0.5) is 0 Å². The van der Waals surface area contributed by atoms with Crippen LogP contribution in [0.15, 0.2) is 182 Å². The normalized spacial score (nSPS) is 11.8. The predicted octanol–water partition coefficient (Wildman–Crippen LogP) is 11.8. The van der Waals surface area contributed by atoms with Gasteiger partial charge in [0.25, 0.3) is 0 Å². The van der Waals surface area contributed by atoms with Crippen molar-refractivity contribution in [2.45, 2.75) is 35.2 Å². The molecule has 1 N–H and O–H groups in total. The van der Waals surface area contributed by atoms with Crippen molar-refractivity contribution in [1.82, 2.24) is 10.2 Å². The van der Waals surface area contributed by atoms with E-state index in [1.807, 2.05) is 23.5 Å². The van der Waals surface area contributed by atoms with E-state index in [2.05, 4.69) is 208 Å². The quantitative estimate of drug-likeness (QED) is 0.0419. The summed E-state index contributed by atoms with van der Waals surface area (Å²) in [6, 6.07) is 64.9. The zero-order chi connectivity index (χ0) is 38.7. The van der Waals surface area contributed by atoms with E-state index in [9.17, 15) is 4.79 Å². The average Bonchev–Trinajstić information content (AvgIpc) is 3.27. The topological polar surface area (TPSA) is 32.3 Å². The Kier molecular flexibility index (Phi) is 16.3. The molecule has 0 fully saturated rings. The summed E-state index contributed by atoms with van der Waals surface area (Å²) >= 11 is 7.44. The summed E-state index contributed by atoms with van der Waals surface area (Å²) in [6.45, 7) is 2.70. The number of rotatable bonds is 22. The molecule has 0 aliphatic heterocycles. The maximum atomic E-state index is 13.8. The van der Waals surface area contributed by atoms with Crippen molar-refractivity contribution < 1.29 is 4.79 Å². The van der Waals surface area contributed by atoms with Crippen molar-refractivity contribution in [3.63, 3.8) is 0 Å². The standard InChI is InChI=1S/C50H53BrN2OS2/c51-35-21-1-2-22-37-53(38-40-56-50(45-29-15-6-16-30-45,46-31-17-7-18-32-46)47-33-19-8-20-34-47)41-48(54)52-36-39-55-49(42-23-9-3-10-24-42,43-25-11-4-12-26-43)44-27-13-5-14-28-44/h3-20,23-34H,1-2,21-22,35-41H2,(H,52,54). The maximum Gasteiger partial charge on any atom is 0.234 e. The highest BCUT2D eigenvalue weighted by atomic mass is 79.9. The first-order chi connectivity index (χ1) is 27.7. The van der Waals surface area contributed by atoms with Crippen LogP contribution in [0.5, 0.6) is 0 Å². The molecule has 6 aromatic rings. The predicted molar refractivity (Wildman–Crippen MR) is 245 cm³/mol. The molecule has 0 atom stereocenters. The van der Waals surface area contributed by atoms with Crippen molar-refractivity contribution in [2.75, 3.05) is 43.0 Å². The second-order valence-corrected chi connectivity index (χ2v) is 17.4. The number of nitrogens with zero attached hydrogens (tertiary/aromatic N) is 1. The Morgan fingerprint density at radius 2 is 0.804 bits per heavy atom. The van der Waals surface area contributed by atoms with E-state index in [0.29, 0.717) is 13.1 Å². The van der Waals surface area contributed by atoms with Gasteiger partial charge in [-0.25, -0.2) is 0 Å². The van der Waals surface area contributed by atoms with Gasteiger partial charge in [-0.3, -0.25) is 9.69 Å². The fraction of sp³-hybridized carbons (Fsp3) is 0.260. The molecule has 0 spiro atoms. The Bertz CT molecular complexity index is 1790. The molecule has 3 nitrogen and oxygen atoms in total. The summed E-state index contributed by atoms with van der Waals surface area (Å²) in [5, 5.41) is 4.36. The zero-order valence-electron chi connectivity index (χ0n) is 32.1. The minimum Gasteiger partial charge on any atom is -0.354 e. The lowest BCUT2D eigenvalue weighted by atomic mass is 9.84. The molecule has 6 heteroatoms. The Labute approximate surface area is 351 Å². The van der Waals surface area contributed by atoms with Crippen LogP contribution < -0.4 is 5.32 Å². The van der Waals surface area contributed by atoms with Gasteiger partial charge in [-0.1, -0.05) is 211 Å². The van der Waals surface area contributed by atoms with Crippen LogP contribution in [-0.2, 0) is 14.3 Å². The summed E-state index contributed by atoms with van der Waals surface area (Å²) in [7, 11) is 0. The number of alkyl halides is 1. The molecule has 0 radical (unpaired) electrons. The number of benzene rings is 6. The molecule has 0 aromatic heterocycles. The van der Waals surface area contributed by atoms with E-state index in [-0.39, 0.29) is 10.7 Å². The van der Waals surface area contributed by atoms with Gasteiger partial charge in [-0.05, 0) is 52.8 Å². The lowest BCUT2D eigenvalue weighted by Crippen LogP contribution is -2.40. The largest absolute Gasteiger partial charge is 0.354 e. The summed E-state index contributed by atoms with van der Waals surface area (Å²) in [5.74, 6) is 1.72. The second-order valence-electron chi connectivity index (χ2n) is 14.0. The van der Waals surface area contributed by atoms with Crippen molar-refractivity contribution in [1.29, 1.82) is 0 Å². The highest BCUT2D eigenvalue weighted by Gasteiger charge is 2.38. The number of carbonyl (C=O) groups excluding carboxylic acids is 1. The summed E-state index contributed by atoms with van der Waals surface area (Å²) in [6.07, 6.45) is 4.62. The van der Waals surface area contributed by atoms with Crippen molar-refractivity contribution in [3.8, 4) is 0 Å². The monoisotopic (exact) mass is 840 g/mol. The lowest BCUT2D eigenvalue weighted by Gasteiger charge is -2.36. The molecule has 0 aliphatic carbocycles. The van der Waals surface area contributed by atoms with Gasteiger partial charge in [-0.15, -0.1) is 23.5 Å². The van der Waals surface area contributed by atoms with Crippen LogP contribution in [0, 0.1) is 0 Å². The van der Waals surface area contributed by atoms with Gasteiger partial charge < -0.3 is 5.32 Å². The van der Waals surface area contributed by atoms with Crippen molar-refractivity contribution in [2.24, 2.45) is 0 Å². The van der Waals surface area contributed by atoms with Crippen LogP contribution in [0.1, 0.15) is 59.1 Å². The lowest BCUT2D eigenvalue weighted by molar-refractivity contribution is -0.122. The van der Waals surface area contributed by atoms with Gasteiger partial charge in [-0.2, -0.15) is 0 Å². The third-order valence-corrected chi connectivity index (χ3v) is 13.9. The molecule has 56 heavy (non-hydrogen) atoms. The first-order valence-corrected chi connectivity index (χ1v) is 22.9. The number of hydrogen-bond acceptors (Lipinski definition) is 4. The maximum absolute atomic E-state index is 13.8. The van der Waals surface area contributed by atoms with Gasteiger partial charge in [0.2, 0.25) is 5.91 Å². The number of nitrogens with one attached hydrogen (secondary N) is 1. The molecule has 6 aromatic carbocycles. The fourth-order valence-corrected chi connectivity index (χ4v) is 11.0. The van der Waals surface area contributed by atoms with Crippen LogP contribution in [0.25, 0.3) is 0 Å². The minimum atomic E-state index is -0.407. The number of carbonyl (C=O) groups is 1. The van der Waals surface area contributed by atoms with E-state index >= 15 is 0 Å². The number of amides is 1. The van der Waals surface area contributed by atoms with Crippen LogP contribution in [0.3, 0.4) is 0 Å². The van der Waals surface area contributed by atoms with E-state index in [0.717, 1.165) is 42.8 Å². The van der Waals surface area contributed by atoms with Gasteiger partial charge in [0.1, 0.15) is 0 Å². The molecule has 0 saturated heterocycles. The number of unbranched alkanes of at least 4 members (excludes halogenated alkanes) is 3. The fourth-order valence-electron chi connectivity index (χ4n) is 7.57. The molecule has 0 heterocycles. The van der Waals surface area contributed by atoms with Gasteiger partial charge in [0, 0.05) is 29.9 Å². The first-order valence-electron chi connectivity index (χ1n) is 19.8. The number of halogens is 1. The molecular weight excluding hydrogens is 789 g/mol. The third-order valence-electron chi connectivity index (χ3n) is 10.3. The molecule has 0 unspecified atom stereocenters. The molecule has 6 rings (SSSR count). The van der Waals surface area contributed by atoms with E-state index in [1.165, 1.54) is 46.2 Å². The Hall–Kier alpha value is -4.07. The minimum absolute atomic E-state index is 0.0845. The Balaban J connectivity index is 1.16. The van der Waals surface area contributed by atoms with Crippen LogP contribution in [-0.4, -0.2) is 53.8 Å². The highest BCUT2D eigenvalue weighted by molar-refractivity contribution is 9.09. The smallest absolute Gasteiger partial charge is 0.234 e. The molecular formula is C50H53BrN2OS2. The van der Waals surface area contributed by atoms with E-state index < -0.39 is 4.75 Å². The second kappa shape index (κ2) is 22.0. The summed E-state index contributed by atoms with van der Waals surface area (Å²) < 4.78 is -0.788. The van der Waals surface area contributed by atoms with E-state index in [1.54, 1.807) is 0 Å². The molecule has 288 valence electrons. The molecule has 0 saturated carbocycles. The van der Waals surface area contributed by atoms with Crippen LogP contribution in [0.2, 0.25) is 0 Å². The highest BCUT2D eigenvalue weighted by Crippen LogP contribution is 2.49. The molecule has 1 amide bonds. The number of hydrogen-bond donors (Lipinski definition) is 1. The Morgan fingerprint density at radius 3 is 1.16 bits per heavy atom. The average molecular weight is 842 g/mol. The van der Waals surface area contributed by atoms with E-state index in [4.69, 9.17) is 0 Å². The van der Waals surface area contributed by atoms with Gasteiger partial charge >= 0.3 is 0 Å². The number of thioether (sulfide) groups is 2. The first kappa shape index (κ1) is 41.6. The van der Waals surface area contributed by atoms with Gasteiger partial charge in [0.15, 0.2) is 0 Å². The zero-order valence-corrected chi connectivity index (χ0v) is 35.4. The summed E-state index contributed by atoms with van der Waals surface area (Å²) in [4.78, 5) is 16.1. The Morgan fingerprint density at radius 1 is 0.464 bits per heavy atom. The van der Waals surface area contributed by atoms with Crippen LogP contribution >= 0.6 is 39.5 Å². The molecule has 0 bridgehead atoms. The third kappa shape index (κ3) is 10.7. The summed E-state index contributed by atoms with van der Waals surface area (Å²) in [5.41, 5.74) is 7.48. The van der Waals surface area contributed by atoms with Crippen molar-refractivity contribution in [3.05, 3.63) is 215 Å². The SMILES string of the molecule is O=C(CN(CCCCCCBr)CCSC(c1ccccc1)(c1ccccc1)c1ccccc1)NCCSC(c1ccccc1)(c1ccccc1)c1ccccc1. The van der Waals surface area contributed by atoms with Gasteiger partial charge in [0.05, 0.1) is 16.0 Å². The molecule has 0 aliphatic rings.